The van der Waals surface area contributed by atoms with Gasteiger partial charge in [0.1, 0.15) is 11.5 Å². The van der Waals surface area contributed by atoms with Gasteiger partial charge in [0.05, 0.1) is 24.0 Å². The van der Waals surface area contributed by atoms with Crippen molar-refractivity contribution in [3.63, 3.8) is 0 Å². The predicted molar refractivity (Wildman–Crippen MR) is 82.1 cm³/mol. The molecular formula is C16H11ClF3NO3. The fourth-order valence-corrected chi connectivity index (χ4v) is 2.60. The molecule has 0 fully saturated rings. The molecule has 0 aromatic heterocycles. The zero-order valence-corrected chi connectivity index (χ0v) is 13.1. The summed E-state index contributed by atoms with van der Waals surface area (Å²) in [7, 11) is 1.42. The van der Waals surface area contributed by atoms with Gasteiger partial charge >= 0.3 is 6.18 Å². The van der Waals surface area contributed by atoms with Crippen LogP contribution >= 0.6 is 11.6 Å². The second-order valence-electron chi connectivity index (χ2n) is 5.01. The van der Waals surface area contributed by atoms with Crippen LogP contribution in [0.15, 0.2) is 36.4 Å². The van der Waals surface area contributed by atoms with E-state index in [0.29, 0.717) is 16.5 Å². The van der Waals surface area contributed by atoms with E-state index < -0.39 is 17.6 Å². The van der Waals surface area contributed by atoms with Crippen LogP contribution in [-0.2, 0) is 11.0 Å². The molecule has 0 atom stereocenters. The molecule has 0 aliphatic carbocycles. The first-order chi connectivity index (χ1) is 11.3. The number of amides is 1. The van der Waals surface area contributed by atoms with Gasteiger partial charge in [-0.2, -0.15) is 13.2 Å². The van der Waals surface area contributed by atoms with Gasteiger partial charge in [0.15, 0.2) is 6.61 Å². The van der Waals surface area contributed by atoms with Crippen molar-refractivity contribution in [2.24, 2.45) is 0 Å². The molecular weight excluding hydrogens is 347 g/mol. The minimum absolute atomic E-state index is 0.0357. The Kier molecular flexibility index (Phi) is 4.04. The zero-order valence-electron chi connectivity index (χ0n) is 12.4. The molecule has 2 aromatic carbocycles. The number of ether oxygens (including phenoxy) is 2. The van der Waals surface area contributed by atoms with Crippen molar-refractivity contribution in [2.75, 3.05) is 18.6 Å². The number of halogens is 4. The zero-order chi connectivity index (χ0) is 17.5. The van der Waals surface area contributed by atoms with E-state index in [1.807, 2.05) is 0 Å². The molecule has 1 amide bonds. The topological polar surface area (TPSA) is 38.8 Å². The fraction of sp³-hybridized carbons (Fsp3) is 0.188. The van der Waals surface area contributed by atoms with Crippen molar-refractivity contribution in [3.8, 4) is 11.5 Å². The molecule has 126 valence electrons. The van der Waals surface area contributed by atoms with E-state index in [1.165, 1.54) is 24.1 Å². The normalized spacial score (nSPS) is 14.2. The maximum atomic E-state index is 12.9. The lowest BCUT2D eigenvalue weighted by Gasteiger charge is -2.30. The number of fused-ring (bicyclic) bond motifs is 1. The minimum atomic E-state index is -4.50. The van der Waals surface area contributed by atoms with Gasteiger partial charge in [0.2, 0.25) is 0 Å². The van der Waals surface area contributed by atoms with Crippen molar-refractivity contribution in [1.29, 1.82) is 0 Å². The highest BCUT2D eigenvalue weighted by atomic mass is 35.5. The molecule has 0 saturated heterocycles. The predicted octanol–water partition coefficient (Wildman–Crippen LogP) is 4.42. The van der Waals surface area contributed by atoms with Gasteiger partial charge in [0.25, 0.3) is 5.91 Å². The molecule has 2 aromatic rings. The van der Waals surface area contributed by atoms with Crippen LogP contribution in [-0.4, -0.2) is 19.6 Å². The lowest BCUT2D eigenvalue weighted by atomic mass is 10.1. The van der Waals surface area contributed by atoms with E-state index in [2.05, 4.69) is 0 Å². The number of carbonyl (C=O) groups excluding carboxylic acids is 1. The van der Waals surface area contributed by atoms with E-state index in [0.717, 1.165) is 12.1 Å². The second-order valence-corrected chi connectivity index (χ2v) is 5.45. The van der Waals surface area contributed by atoms with Gasteiger partial charge in [-0.3, -0.25) is 9.69 Å². The third kappa shape index (κ3) is 2.87. The molecule has 1 aliphatic rings. The summed E-state index contributed by atoms with van der Waals surface area (Å²) in [5.74, 6) is -0.116. The Balaban J connectivity index is 2.15. The average molecular weight is 358 g/mol. The summed E-state index contributed by atoms with van der Waals surface area (Å²) < 4.78 is 48.9. The van der Waals surface area contributed by atoms with E-state index in [4.69, 9.17) is 21.1 Å². The summed E-state index contributed by atoms with van der Waals surface area (Å²) in [6.45, 7) is -0.385. The molecule has 0 unspecified atom stereocenters. The van der Waals surface area contributed by atoms with Crippen LogP contribution in [0.3, 0.4) is 0 Å². The summed E-state index contributed by atoms with van der Waals surface area (Å²) in [6.07, 6.45) is -4.50. The Morgan fingerprint density at radius 2 is 1.92 bits per heavy atom. The van der Waals surface area contributed by atoms with Crippen LogP contribution in [0.5, 0.6) is 11.5 Å². The number of hydrogen-bond acceptors (Lipinski definition) is 3. The van der Waals surface area contributed by atoms with Crippen molar-refractivity contribution < 1.29 is 27.4 Å². The first-order valence-electron chi connectivity index (χ1n) is 6.82. The smallest absolute Gasteiger partial charge is 0.416 e. The highest BCUT2D eigenvalue weighted by Crippen LogP contribution is 2.44. The highest BCUT2D eigenvalue weighted by Gasteiger charge is 2.35. The molecule has 1 aliphatic heterocycles. The molecule has 1 heterocycles. The van der Waals surface area contributed by atoms with Gasteiger partial charge < -0.3 is 9.47 Å². The lowest BCUT2D eigenvalue weighted by molar-refractivity contribution is -0.137. The molecule has 4 nitrogen and oxygen atoms in total. The largest absolute Gasteiger partial charge is 0.495 e. The standard InChI is InChI=1S/C16H11ClF3NO3/c1-23-13-5-3-10(17)7-12(13)21-11-4-2-9(16(18,19)20)6-14(11)24-8-15(21)22/h2-7H,8H2,1H3. The number of anilines is 2. The molecule has 8 heteroatoms. The number of carbonyl (C=O) groups is 1. The Morgan fingerprint density at radius 3 is 2.58 bits per heavy atom. The fourth-order valence-electron chi connectivity index (χ4n) is 2.43. The second kappa shape index (κ2) is 5.90. The molecule has 24 heavy (non-hydrogen) atoms. The first-order valence-corrected chi connectivity index (χ1v) is 7.19. The van der Waals surface area contributed by atoms with Crippen molar-refractivity contribution >= 4 is 28.9 Å². The number of nitrogens with zero attached hydrogens (tertiary/aromatic N) is 1. The van der Waals surface area contributed by atoms with Gasteiger partial charge in [-0.15, -0.1) is 0 Å². The molecule has 0 spiro atoms. The van der Waals surface area contributed by atoms with Crippen LogP contribution in [0.1, 0.15) is 5.56 Å². The third-order valence-electron chi connectivity index (χ3n) is 3.51. The molecule has 0 bridgehead atoms. The van der Waals surface area contributed by atoms with Crippen LogP contribution in [0.25, 0.3) is 0 Å². The van der Waals surface area contributed by atoms with E-state index in [9.17, 15) is 18.0 Å². The van der Waals surface area contributed by atoms with Crippen LogP contribution in [0.4, 0.5) is 24.5 Å². The molecule has 3 rings (SSSR count). The van der Waals surface area contributed by atoms with Crippen molar-refractivity contribution in [3.05, 3.63) is 47.0 Å². The Bertz CT molecular complexity index is 808. The van der Waals surface area contributed by atoms with Crippen molar-refractivity contribution in [2.45, 2.75) is 6.18 Å². The summed E-state index contributed by atoms with van der Waals surface area (Å²) in [5.41, 5.74) is -0.326. The van der Waals surface area contributed by atoms with E-state index in [-0.39, 0.29) is 18.0 Å². The third-order valence-corrected chi connectivity index (χ3v) is 3.75. The first kappa shape index (κ1) is 16.4. The number of benzene rings is 2. The molecule has 0 N–H and O–H groups in total. The van der Waals surface area contributed by atoms with Crippen molar-refractivity contribution in [1.82, 2.24) is 0 Å². The average Bonchev–Trinajstić information content (AvgIpc) is 2.53. The summed E-state index contributed by atoms with van der Waals surface area (Å²) in [4.78, 5) is 13.5. The monoisotopic (exact) mass is 357 g/mol. The number of hydrogen-bond donors (Lipinski definition) is 0. The molecule has 0 saturated carbocycles. The Morgan fingerprint density at radius 1 is 1.17 bits per heavy atom. The van der Waals surface area contributed by atoms with Gasteiger partial charge in [-0.25, -0.2) is 0 Å². The Labute approximate surface area is 140 Å². The summed E-state index contributed by atoms with van der Waals surface area (Å²) in [5, 5.41) is 0.360. The van der Waals surface area contributed by atoms with Crippen LogP contribution < -0.4 is 14.4 Å². The maximum absolute atomic E-state index is 12.9. The summed E-state index contributed by atoms with van der Waals surface area (Å²) >= 11 is 5.98. The number of rotatable bonds is 2. The Hall–Kier alpha value is -2.41. The number of alkyl halides is 3. The minimum Gasteiger partial charge on any atom is -0.495 e. The van der Waals surface area contributed by atoms with Gasteiger partial charge in [-0.05, 0) is 36.4 Å². The van der Waals surface area contributed by atoms with Gasteiger partial charge in [0, 0.05) is 5.02 Å². The quantitative estimate of drug-likeness (QED) is 0.798. The SMILES string of the molecule is COc1ccc(Cl)cc1N1C(=O)COc2cc(C(F)(F)F)ccc21. The summed E-state index contributed by atoms with van der Waals surface area (Å²) in [6, 6.07) is 7.61. The van der Waals surface area contributed by atoms with E-state index in [1.54, 1.807) is 12.1 Å². The van der Waals surface area contributed by atoms with Gasteiger partial charge in [-0.1, -0.05) is 11.6 Å². The maximum Gasteiger partial charge on any atom is 0.416 e. The highest BCUT2D eigenvalue weighted by molar-refractivity contribution is 6.31. The lowest BCUT2D eigenvalue weighted by Crippen LogP contribution is -2.35. The van der Waals surface area contributed by atoms with Crippen LogP contribution in [0, 0.1) is 0 Å². The van der Waals surface area contributed by atoms with Crippen LogP contribution in [0.2, 0.25) is 5.02 Å². The number of methoxy groups -OCH3 is 1. The van der Waals surface area contributed by atoms with E-state index >= 15 is 0 Å². The molecule has 0 radical (unpaired) electrons.